The Morgan fingerprint density at radius 1 is 1.43 bits per heavy atom. The first-order valence-electron chi connectivity index (χ1n) is 5.20. The molecule has 0 spiro atoms. The summed E-state index contributed by atoms with van der Waals surface area (Å²) in [6, 6.07) is 0. The van der Waals surface area contributed by atoms with E-state index >= 15 is 0 Å². The van der Waals surface area contributed by atoms with Gasteiger partial charge >= 0.3 is 6.09 Å². The van der Waals surface area contributed by atoms with Crippen molar-refractivity contribution in [1.82, 2.24) is 10.4 Å². The largest absolute Gasteiger partial charge is 0.443 e. The third-order valence-corrected chi connectivity index (χ3v) is 2.64. The highest BCUT2D eigenvalue weighted by Crippen LogP contribution is 2.40. The molecule has 14 heavy (non-hydrogen) atoms. The minimum atomic E-state index is -0.404. The van der Waals surface area contributed by atoms with E-state index in [9.17, 15) is 4.79 Å². The van der Waals surface area contributed by atoms with E-state index in [0.29, 0.717) is 5.92 Å². The van der Waals surface area contributed by atoms with Crippen LogP contribution in [0, 0.1) is 11.8 Å². The van der Waals surface area contributed by atoms with E-state index in [1.807, 2.05) is 20.8 Å². The van der Waals surface area contributed by atoms with Crippen LogP contribution in [0.4, 0.5) is 4.79 Å². The van der Waals surface area contributed by atoms with Crippen molar-refractivity contribution in [2.75, 3.05) is 13.1 Å². The van der Waals surface area contributed by atoms with Gasteiger partial charge in [-0.1, -0.05) is 0 Å². The van der Waals surface area contributed by atoms with Crippen LogP contribution in [0.15, 0.2) is 0 Å². The summed E-state index contributed by atoms with van der Waals surface area (Å²) in [7, 11) is 0. The highest BCUT2D eigenvalue weighted by atomic mass is 16.6. The van der Waals surface area contributed by atoms with Gasteiger partial charge in [-0.05, 0) is 39.0 Å². The quantitative estimate of drug-likeness (QED) is 0.639. The normalized spacial score (nSPS) is 30.9. The predicted octanol–water partition coefficient (Wildman–Crippen LogP) is 1.38. The Morgan fingerprint density at radius 2 is 2.14 bits per heavy atom. The standard InChI is InChI=1S/C10H18N2O2/c1-10(2,3)14-9(13)12-6-8-4-7(8)5-11-12/h7-8,11H,4-6H2,1-3H3/t7-,8-/m1/s1. The summed E-state index contributed by atoms with van der Waals surface area (Å²) in [5.41, 5.74) is 2.69. The molecule has 2 fully saturated rings. The van der Waals surface area contributed by atoms with Crippen LogP contribution in [0.2, 0.25) is 0 Å². The molecule has 0 bridgehead atoms. The predicted molar refractivity (Wildman–Crippen MR) is 52.5 cm³/mol. The summed E-state index contributed by atoms with van der Waals surface area (Å²) in [6.45, 7) is 7.38. The molecule has 0 unspecified atom stereocenters. The van der Waals surface area contributed by atoms with Gasteiger partial charge < -0.3 is 4.74 Å². The third kappa shape index (κ3) is 2.18. The van der Waals surface area contributed by atoms with Crippen molar-refractivity contribution < 1.29 is 9.53 Å². The maximum Gasteiger partial charge on any atom is 0.424 e. The summed E-state index contributed by atoms with van der Waals surface area (Å²) in [5, 5.41) is 1.61. The van der Waals surface area contributed by atoms with Crippen molar-refractivity contribution in [3.63, 3.8) is 0 Å². The van der Waals surface area contributed by atoms with E-state index in [1.54, 1.807) is 5.01 Å². The van der Waals surface area contributed by atoms with Crippen molar-refractivity contribution in [3.05, 3.63) is 0 Å². The molecule has 0 radical (unpaired) electrons. The molecular weight excluding hydrogens is 180 g/mol. The number of nitrogens with zero attached hydrogens (tertiary/aromatic N) is 1. The van der Waals surface area contributed by atoms with E-state index < -0.39 is 5.60 Å². The maximum absolute atomic E-state index is 11.6. The minimum absolute atomic E-state index is 0.247. The first kappa shape index (κ1) is 9.77. The van der Waals surface area contributed by atoms with Crippen molar-refractivity contribution in [2.45, 2.75) is 32.8 Å². The summed E-state index contributed by atoms with van der Waals surface area (Å²) in [5.74, 6) is 1.51. The van der Waals surface area contributed by atoms with E-state index in [1.165, 1.54) is 6.42 Å². The Morgan fingerprint density at radius 3 is 2.71 bits per heavy atom. The first-order chi connectivity index (χ1) is 6.46. The van der Waals surface area contributed by atoms with Crippen LogP contribution in [0.1, 0.15) is 27.2 Å². The van der Waals surface area contributed by atoms with Gasteiger partial charge in [-0.25, -0.2) is 15.2 Å². The smallest absolute Gasteiger partial charge is 0.424 e. The molecule has 1 aliphatic carbocycles. The summed E-state index contributed by atoms with van der Waals surface area (Å²) in [6.07, 6.45) is 1.01. The summed E-state index contributed by atoms with van der Waals surface area (Å²) < 4.78 is 5.27. The van der Waals surface area contributed by atoms with Gasteiger partial charge in [-0.15, -0.1) is 0 Å². The van der Waals surface area contributed by atoms with Crippen LogP contribution in [-0.2, 0) is 4.74 Å². The summed E-state index contributed by atoms with van der Waals surface area (Å²) in [4.78, 5) is 11.6. The van der Waals surface area contributed by atoms with Crippen molar-refractivity contribution >= 4 is 6.09 Å². The van der Waals surface area contributed by atoms with E-state index in [0.717, 1.165) is 19.0 Å². The number of carbonyl (C=O) groups excluding carboxylic acids is 1. The molecule has 1 aliphatic heterocycles. The summed E-state index contributed by atoms with van der Waals surface area (Å²) >= 11 is 0. The number of nitrogens with one attached hydrogen (secondary N) is 1. The number of hydrogen-bond donors (Lipinski definition) is 1. The van der Waals surface area contributed by atoms with Gasteiger partial charge in [0.15, 0.2) is 0 Å². The molecule has 0 aromatic rings. The van der Waals surface area contributed by atoms with E-state index in [-0.39, 0.29) is 6.09 Å². The second-order valence-corrected chi connectivity index (χ2v) is 5.21. The molecule has 80 valence electrons. The number of fused-ring (bicyclic) bond motifs is 1. The zero-order valence-electron chi connectivity index (χ0n) is 9.04. The van der Waals surface area contributed by atoms with Crippen molar-refractivity contribution in [2.24, 2.45) is 11.8 Å². The molecule has 1 N–H and O–H groups in total. The molecule has 1 saturated heterocycles. The molecule has 2 atom stereocenters. The van der Waals surface area contributed by atoms with Crippen LogP contribution in [0.25, 0.3) is 0 Å². The third-order valence-electron chi connectivity index (χ3n) is 2.64. The maximum atomic E-state index is 11.6. The fourth-order valence-corrected chi connectivity index (χ4v) is 1.77. The molecular formula is C10H18N2O2. The van der Waals surface area contributed by atoms with Gasteiger partial charge in [0, 0.05) is 13.1 Å². The topological polar surface area (TPSA) is 41.6 Å². The molecule has 1 amide bonds. The molecule has 2 rings (SSSR count). The SMILES string of the molecule is CC(C)(C)OC(=O)N1C[C@H]2C[C@@H]2CN1. The molecule has 0 aromatic heterocycles. The lowest BCUT2D eigenvalue weighted by molar-refractivity contribution is 0.00782. The average Bonchev–Trinajstić information content (AvgIpc) is 2.77. The fourth-order valence-electron chi connectivity index (χ4n) is 1.77. The van der Waals surface area contributed by atoms with E-state index in [4.69, 9.17) is 4.74 Å². The van der Waals surface area contributed by atoms with Crippen LogP contribution >= 0.6 is 0 Å². The molecule has 4 nitrogen and oxygen atoms in total. The number of rotatable bonds is 0. The molecule has 2 aliphatic rings. The Bertz CT molecular complexity index is 247. The van der Waals surface area contributed by atoms with Gasteiger partial charge in [-0.2, -0.15) is 0 Å². The number of hydrogen-bond acceptors (Lipinski definition) is 3. The Hall–Kier alpha value is -0.770. The van der Waals surface area contributed by atoms with Gasteiger partial charge in [0.25, 0.3) is 0 Å². The zero-order chi connectivity index (χ0) is 10.3. The van der Waals surface area contributed by atoms with Gasteiger partial charge in [0.1, 0.15) is 5.60 Å². The van der Waals surface area contributed by atoms with Gasteiger partial charge in [0.05, 0.1) is 0 Å². The Labute approximate surface area is 84.6 Å². The zero-order valence-corrected chi connectivity index (χ0v) is 9.04. The number of amides is 1. The molecule has 1 heterocycles. The highest BCUT2D eigenvalue weighted by molar-refractivity contribution is 5.67. The first-order valence-corrected chi connectivity index (χ1v) is 5.20. The second-order valence-electron chi connectivity index (χ2n) is 5.21. The lowest BCUT2D eigenvalue weighted by Crippen LogP contribution is -2.50. The molecule has 4 heteroatoms. The van der Waals surface area contributed by atoms with E-state index in [2.05, 4.69) is 5.43 Å². The average molecular weight is 198 g/mol. The van der Waals surface area contributed by atoms with Crippen LogP contribution in [-0.4, -0.2) is 29.8 Å². The van der Waals surface area contributed by atoms with Crippen LogP contribution < -0.4 is 5.43 Å². The lowest BCUT2D eigenvalue weighted by Gasteiger charge is -2.30. The van der Waals surface area contributed by atoms with Crippen molar-refractivity contribution in [1.29, 1.82) is 0 Å². The van der Waals surface area contributed by atoms with Crippen LogP contribution in [0.5, 0.6) is 0 Å². The Balaban J connectivity index is 1.85. The molecule has 1 saturated carbocycles. The highest BCUT2D eigenvalue weighted by Gasteiger charge is 2.43. The van der Waals surface area contributed by atoms with Gasteiger partial charge in [0.2, 0.25) is 0 Å². The van der Waals surface area contributed by atoms with Gasteiger partial charge in [-0.3, -0.25) is 0 Å². The second kappa shape index (κ2) is 3.12. The lowest BCUT2D eigenvalue weighted by atomic mass is 10.2. The molecule has 0 aromatic carbocycles. The van der Waals surface area contributed by atoms with Crippen molar-refractivity contribution in [3.8, 4) is 0 Å². The Kier molecular flexibility index (Phi) is 2.18. The number of hydrazine groups is 1. The minimum Gasteiger partial charge on any atom is -0.443 e. The fraction of sp³-hybridized carbons (Fsp3) is 0.900. The number of ether oxygens (including phenoxy) is 1. The monoisotopic (exact) mass is 198 g/mol. The number of carbonyl (C=O) groups is 1. The van der Waals surface area contributed by atoms with Crippen LogP contribution in [0.3, 0.4) is 0 Å².